The van der Waals surface area contributed by atoms with E-state index in [0.717, 1.165) is 0 Å². The van der Waals surface area contributed by atoms with E-state index in [9.17, 15) is 10.2 Å². The zero-order valence-corrected chi connectivity index (χ0v) is 8.48. The van der Waals surface area contributed by atoms with Crippen LogP contribution in [0.3, 0.4) is 0 Å². The van der Waals surface area contributed by atoms with Crippen molar-refractivity contribution in [2.24, 2.45) is 10.9 Å². The number of aliphatic hydroxyl groups is 3. The van der Waals surface area contributed by atoms with Crippen molar-refractivity contribution in [3.63, 3.8) is 0 Å². The molecule has 0 amide bonds. The smallest absolute Gasteiger partial charge is 0.170 e. The molecular formula is C10H14N2O4. The van der Waals surface area contributed by atoms with Crippen LogP contribution >= 0.6 is 0 Å². The van der Waals surface area contributed by atoms with E-state index in [1.807, 2.05) is 0 Å². The minimum atomic E-state index is -1.23. The molecule has 1 rings (SSSR count). The van der Waals surface area contributed by atoms with Gasteiger partial charge in [-0.25, -0.2) is 0 Å². The van der Waals surface area contributed by atoms with Gasteiger partial charge in [-0.1, -0.05) is 29.4 Å². The van der Waals surface area contributed by atoms with Crippen LogP contribution in [0.4, 0.5) is 0 Å². The molecule has 0 aliphatic rings. The van der Waals surface area contributed by atoms with Crippen LogP contribution < -0.4 is 5.73 Å². The monoisotopic (exact) mass is 226 g/mol. The molecule has 0 aliphatic carbocycles. The summed E-state index contributed by atoms with van der Waals surface area (Å²) in [5, 5.41) is 38.7. The van der Waals surface area contributed by atoms with Crippen LogP contribution in [0.25, 0.3) is 0 Å². The topological polar surface area (TPSA) is 119 Å². The lowest BCUT2D eigenvalue weighted by molar-refractivity contribution is -0.0152. The largest absolute Gasteiger partial charge is 0.409 e. The number of nitrogens with zero attached hydrogens (tertiary/aromatic N) is 1. The van der Waals surface area contributed by atoms with Gasteiger partial charge in [-0.15, -0.1) is 0 Å². The standard InChI is InChI=1S/C10H14N2O4/c11-10(12-16)7-3-1-6(2-4-7)9(15)8(14)5-13/h1-4,8-9,13-16H,5H2,(H2,11,12). The van der Waals surface area contributed by atoms with E-state index < -0.39 is 18.8 Å². The molecular weight excluding hydrogens is 212 g/mol. The average molecular weight is 226 g/mol. The quantitative estimate of drug-likeness (QED) is 0.199. The molecule has 0 fully saturated rings. The summed E-state index contributed by atoms with van der Waals surface area (Å²) >= 11 is 0. The summed E-state index contributed by atoms with van der Waals surface area (Å²) in [7, 11) is 0. The van der Waals surface area contributed by atoms with Crippen molar-refractivity contribution in [2.75, 3.05) is 6.61 Å². The van der Waals surface area contributed by atoms with Crippen LogP contribution in [-0.4, -0.2) is 39.1 Å². The van der Waals surface area contributed by atoms with Crippen molar-refractivity contribution in [2.45, 2.75) is 12.2 Å². The Morgan fingerprint density at radius 1 is 1.25 bits per heavy atom. The Balaban J connectivity index is 2.86. The predicted molar refractivity (Wildman–Crippen MR) is 57.0 cm³/mol. The third-order valence-corrected chi connectivity index (χ3v) is 2.21. The van der Waals surface area contributed by atoms with Crippen LogP contribution in [0, 0.1) is 0 Å². The molecule has 0 heterocycles. The molecule has 2 unspecified atom stereocenters. The molecule has 0 spiro atoms. The SMILES string of the molecule is NC(=NO)c1ccc(C(O)C(O)CO)cc1. The Morgan fingerprint density at radius 3 is 2.25 bits per heavy atom. The molecule has 0 saturated heterocycles. The van der Waals surface area contributed by atoms with Crippen LogP contribution in [0.2, 0.25) is 0 Å². The lowest BCUT2D eigenvalue weighted by Crippen LogP contribution is -2.22. The second-order valence-corrected chi connectivity index (χ2v) is 3.30. The van der Waals surface area contributed by atoms with E-state index in [0.29, 0.717) is 11.1 Å². The maximum Gasteiger partial charge on any atom is 0.170 e. The fourth-order valence-electron chi connectivity index (χ4n) is 1.23. The van der Waals surface area contributed by atoms with Crippen molar-refractivity contribution in [1.29, 1.82) is 0 Å². The summed E-state index contributed by atoms with van der Waals surface area (Å²) in [6.45, 7) is -0.525. The van der Waals surface area contributed by atoms with Gasteiger partial charge in [-0.2, -0.15) is 0 Å². The highest BCUT2D eigenvalue weighted by atomic mass is 16.4. The minimum Gasteiger partial charge on any atom is -0.409 e. The van der Waals surface area contributed by atoms with Gasteiger partial charge in [0.15, 0.2) is 5.84 Å². The van der Waals surface area contributed by atoms with Crippen molar-refractivity contribution in [3.8, 4) is 0 Å². The number of amidine groups is 1. The summed E-state index contributed by atoms with van der Waals surface area (Å²) < 4.78 is 0. The van der Waals surface area contributed by atoms with E-state index in [2.05, 4.69) is 5.16 Å². The number of hydrogen-bond donors (Lipinski definition) is 5. The molecule has 6 heteroatoms. The van der Waals surface area contributed by atoms with Gasteiger partial charge in [-0.05, 0) is 5.56 Å². The van der Waals surface area contributed by atoms with Crippen LogP contribution in [0.1, 0.15) is 17.2 Å². The Labute approximate surface area is 92.3 Å². The summed E-state index contributed by atoms with van der Waals surface area (Å²) in [6.07, 6.45) is -2.39. The first-order valence-corrected chi connectivity index (χ1v) is 4.65. The number of oxime groups is 1. The molecule has 2 atom stereocenters. The number of aliphatic hydroxyl groups excluding tert-OH is 3. The van der Waals surface area contributed by atoms with Crippen LogP contribution in [-0.2, 0) is 0 Å². The molecule has 16 heavy (non-hydrogen) atoms. The third-order valence-electron chi connectivity index (χ3n) is 2.21. The van der Waals surface area contributed by atoms with Crippen LogP contribution in [0.15, 0.2) is 29.4 Å². The molecule has 1 aromatic carbocycles. The Kier molecular flexibility index (Phi) is 4.24. The normalized spacial score (nSPS) is 15.8. The van der Waals surface area contributed by atoms with E-state index in [-0.39, 0.29) is 5.84 Å². The third kappa shape index (κ3) is 2.69. The van der Waals surface area contributed by atoms with Gasteiger partial charge in [0, 0.05) is 5.56 Å². The van der Waals surface area contributed by atoms with E-state index >= 15 is 0 Å². The first-order valence-electron chi connectivity index (χ1n) is 4.65. The highest BCUT2D eigenvalue weighted by Gasteiger charge is 2.17. The summed E-state index contributed by atoms with van der Waals surface area (Å²) in [4.78, 5) is 0. The minimum absolute atomic E-state index is 0.0382. The van der Waals surface area contributed by atoms with E-state index in [1.54, 1.807) is 0 Å². The molecule has 6 nitrogen and oxygen atoms in total. The molecule has 0 saturated carbocycles. The fourth-order valence-corrected chi connectivity index (χ4v) is 1.23. The van der Waals surface area contributed by atoms with Gasteiger partial charge in [0.1, 0.15) is 12.2 Å². The fraction of sp³-hybridized carbons (Fsp3) is 0.300. The van der Waals surface area contributed by atoms with Gasteiger partial charge in [-0.3, -0.25) is 0 Å². The van der Waals surface area contributed by atoms with E-state index in [4.69, 9.17) is 16.0 Å². The van der Waals surface area contributed by atoms with Crippen molar-refractivity contribution in [3.05, 3.63) is 35.4 Å². The lowest BCUT2D eigenvalue weighted by atomic mass is 10.0. The summed E-state index contributed by atoms with van der Waals surface area (Å²) in [5.41, 5.74) is 6.29. The number of rotatable bonds is 4. The summed E-state index contributed by atoms with van der Waals surface area (Å²) in [5.74, 6) is -0.0382. The Morgan fingerprint density at radius 2 is 1.81 bits per heavy atom. The molecule has 0 bridgehead atoms. The van der Waals surface area contributed by atoms with Crippen molar-refractivity contribution in [1.82, 2.24) is 0 Å². The zero-order chi connectivity index (χ0) is 12.1. The van der Waals surface area contributed by atoms with E-state index in [1.165, 1.54) is 24.3 Å². The van der Waals surface area contributed by atoms with Gasteiger partial charge in [0.25, 0.3) is 0 Å². The Bertz CT molecular complexity index is 364. The maximum absolute atomic E-state index is 9.55. The van der Waals surface area contributed by atoms with Crippen molar-refractivity contribution < 1.29 is 20.5 Å². The van der Waals surface area contributed by atoms with Gasteiger partial charge >= 0.3 is 0 Å². The second-order valence-electron chi connectivity index (χ2n) is 3.30. The molecule has 6 N–H and O–H groups in total. The highest BCUT2D eigenvalue weighted by molar-refractivity contribution is 5.96. The van der Waals surface area contributed by atoms with Crippen molar-refractivity contribution >= 4 is 5.84 Å². The first kappa shape index (κ1) is 12.4. The predicted octanol–water partition coefficient (Wildman–Crippen LogP) is -0.832. The number of hydrogen-bond acceptors (Lipinski definition) is 5. The molecule has 0 radical (unpaired) electrons. The molecule has 1 aromatic rings. The molecule has 88 valence electrons. The first-order chi connectivity index (χ1) is 7.60. The van der Waals surface area contributed by atoms with Gasteiger partial charge < -0.3 is 26.3 Å². The highest BCUT2D eigenvalue weighted by Crippen LogP contribution is 2.17. The van der Waals surface area contributed by atoms with Gasteiger partial charge in [0.2, 0.25) is 0 Å². The average Bonchev–Trinajstić information content (AvgIpc) is 2.36. The lowest BCUT2D eigenvalue weighted by Gasteiger charge is -2.15. The molecule has 0 aliphatic heterocycles. The summed E-state index contributed by atoms with van der Waals surface area (Å²) in [6, 6.07) is 6.13. The zero-order valence-electron chi connectivity index (χ0n) is 8.48. The Hall–Kier alpha value is -1.63. The van der Waals surface area contributed by atoms with Gasteiger partial charge in [0.05, 0.1) is 6.61 Å². The maximum atomic E-state index is 9.55. The number of nitrogens with two attached hydrogens (primary N) is 1. The second kappa shape index (κ2) is 5.45. The molecule has 0 aromatic heterocycles. The van der Waals surface area contributed by atoms with Crippen LogP contribution in [0.5, 0.6) is 0 Å². The number of benzene rings is 1.